The number of amides is 2. The first-order chi connectivity index (χ1) is 11.5. The molecule has 2 aliphatic rings. The number of hydrogen-bond donors (Lipinski definition) is 2. The summed E-state index contributed by atoms with van der Waals surface area (Å²) in [5.74, 6) is -0.403. The Hall–Kier alpha value is -1.26. The van der Waals surface area contributed by atoms with E-state index >= 15 is 0 Å². The van der Waals surface area contributed by atoms with Gasteiger partial charge in [0.1, 0.15) is 10.9 Å². The number of hydrogen-bond acceptors (Lipinski definition) is 6. The molecule has 2 saturated heterocycles. The predicted molar refractivity (Wildman–Crippen MR) is 101 cm³/mol. The molecule has 3 heterocycles. The van der Waals surface area contributed by atoms with Gasteiger partial charge in [0.25, 0.3) is 11.8 Å². The summed E-state index contributed by atoms with van der Waals surface area (Å²) in [5, 5.41) is 3.87. The smallest absolute Gasteiger partial charge is 0.266 e. The van der Waals surface area contributed by atoms with Crippen molar-refractivity contribution in [2.24, 2.45) is 0 Å². The van der Waals surface area contributed by atoms with Crippen LogP contribution in [0.5, 0.6) is 0 Å². The van der Waals surface area contributed by atoms with E-state index in [9.17, 15) is 9.59 Å². The van der Waals surface area contributed by atoms with Gasteiger partial charge in [-0.25, -0.2) is 5.01 Å². The summed E-state index contributed by atoms with van der Waals surface area (Å²) in [7, 11) is 2.14. The zero-order valence-electron chi connectivity index (χ0n) is 13.3. The van der Waals surface area contributed by atoms with Crippen LogP contribution in [0, 0.1) is 0 Å². The Balaban J connectivity index is 1.57. The molecule has 1 aromatic heterocycles. The van der Waals surface area contributed by atoms with E-state index in [1.54, 1.807) is 11.3 Å². The molecule has 0 saturated carbocycles. The molecule has 0 unspecified atom stereocenters. The third-order valence-corrected chi connectivity index (χ3v) is 6.09. The number of carbonyl (C=O) groups is 2. The summed E-state index contributed by atoms with van der Waals surface area (Å²) in [5.41, 5.74) is 2.87. The molecule has 9 heteroatoms. The first-order valence-electron chi connectivity index (χ1n) is 7.67. The minimum atomic E-state index is -0.205. The minimum Gasteiger partial charge on any atom is -0.335 e. The average molecular weight is 384 g/mol. The number of likely N-dealkylation sites (N-methyl/N-ethyl adjacent to an activating group) is 1. The number of thiocarbonyl (C=S) groups is 1. The molecular weight excluding hydrogens is 364 g/mol. The Bertz CT molecular complexity index is 666. The summed E-state index contributed by atoms with van der Waals surface area (Å²) in [6.45, 7) is 3.57. The topological polar surface area (TPSA) is 57.1 Å². The first-order valence-corrected chi connectivity index (χ1v) is 9.78. The molecule has 0 aromatic carbocycles. The molecule has 2 fully saturated rings. The fourth-order valence-corrected chi connectivity index (χ4v) is 4.47. The highest BCUT2D eigenvalue weighted by Gasteiger charge is 2.33. The Kier molecular flexibility index (Phi) is 5.67. The number of piperazine rings is 1. The van der Waals surface area contributed by atoms with Crippen LogP contribution < -0.4 is 10.3 Å². The van der Waals surface area contributed by atoms with Crippen LogP contribution >= 0.6 is 35.3 Å². The van der Waals surface area contributed by atoms with Gasteiger partial charge in [-0.3, -0.25) is 19.9 Å². The molecule has 0 bridgehead atoms. The maximum absolute atomic E-state index is 12.5. The molecule has 0 spiro atoms. The number of carbonyl (C=O) groups excluding carboxylic acids is 2. The summed E-state index contributed by atoms with van der Waals surface area (Å²) in [6.07, 6.45) is 1.82. The molecular formula is C15H19N4O2S3+. The molecule has 2 aliphatic heterocycles. The number of thiophene rings is 1. The van der Waals surface area contributed by atoms with Gasteiger partial charge in [-0.05, 0) is 17.5 Å². The molecule has 6 nitrogen and oxygen atoms in total. The van der Waals surface area contributed by atoms with Gasteiger partial charge >= 0.3 is 0 Å². The van der Waals surface area contributed by atoms with Crippen molar-refractivity contribution in [3.8, 4) is 0 Å². The van der Waals surface area contributed by atoms with E-state index in [1.807, 2.05) is 28.6 Å². The number of nitrogens with zero attached hydrogens (tertiary/aromatic N) is 2. The predicted octanol–water partition coefficient (Wildman–Crippen LogP) is -0.189. The summed E-state index contributed by atoms with van der Waals surface area (Å²) in [4.78, 5) is 29.1. The van der Waals surface area contributed by atoms with Crippen molar-refractivity contribution in [3.63, 3.8) is 0 Å². The second-order valence-corrected chi connectivity index (χ2v) is 8.42. The zero-order valence-corrected chi connectivity index (χ0v) is 15.7. The number of nitrogens with one attached hydrogen (secondary N) is 2. The van der Waals surface area contributed by atoms with E-state index in [1.165, 1.54) is 21.6 Å². The Morgan fingerprint density at radius 1 is 1.46 bits per heavy atom. The lowest BCUT2D eigenvalue weighted by Gasteiger charge is -2.30. The Morgan fingerprint density at radius 2 is 2.21 bits per heavy atom. The number of thioether (sulfide) groups is 1. The fourth-order valence-electron chi connectivity index (χ4n) is 2.49. The zero-order chi connectivity index (χ0) is 17.1. The lowest BCUT2D eigenvalue weighted by Crippen LogP contribution is -3.12. The lowest BCUT2D eigenvalue weighted by atomic mass is 10.3. The van der Waals surface area contributed by atoms with E-state index < -0.39 is 0 Å². The SMILES string of the molecule is C[NH+]1CCN(NC(=O)CN2C(=O)/C(=C\c3cccs3)SC2=S)CC1. The van der Waals surface area contributed by atoms with Gasteiger partial charge in [0.05, 0.1) is 38.1 Å². The van der Waals surface area contributed by atoms with Crippen LogP contribution in [0.2, 0.25) is 0 Å². The third-order valence-electron chi connectivity index (χ3n) is 3.89. The van der Waals surface area contributed by atoms with E-state index in [2.05, 4.69) is 12.5 Å². The van der Waals surface area contributed by atoms with E-state index in [0.717, 1.165) is 31.1 Å². The standard InChI is InChI=1S/C15H18N4O2S3/c1-17-4-6-18(7-5-17)16-13(20)10-19-14(21)12(24-15(19)22)9-11-3-2-8-23-11/h2-3,8-9H,4-7,10H2,1H3,(H,16,20)/p+1/b12-9+. The van der Waals surface area contributed by atoms with Crippen LogP contribution in [0.1, 0.15) is 4.88 Å². The summed E-state index contributed by atoms with van der Waals surface area (Å²) in [6, 6.07) is 3.88. The van der Waals surface area contributed by atoms with Crippen LogP contribution in [0.15, 0.2) is 22.4 Å². The van der Waals surface area contributed by atoms with E-state index in [-0.39, 0.29) is 18.4 Å². The van der Waals surface area contributed by atoms with Crippen molar-refractivity contribution in [2.45, 2.75) is 0 Å². The molecule has 0 atom stereocenters. The second kappa shape index (κ2) is 7.75. The Morgan fingerprint density at radius 3 is 2.88 bits per heavy atom. The van der Waals surface area contributed by atoms with Crippen LogP contribution in [-0.4, -0.2) is 65.8 Å². The van der Waals surface area contributed by atoms with Crippen LogP contribution in [0.3, 0.4) is 0 Å². The Labute approximate surface area is 154 Å². The van der Waals surface area contributed by atoms with Gasteiger partial charge in [0.15, 0.2) is 0 Å². The number of hydrazine groups is 1. The van der Waals surface area contributed by atoms with Crippen molar-refractivity contribution < 1.29 is 14.5 Å². The maximum Gasteiger partial charge on any atom is 0.266 e. The quantitative estimate of drug-likeness (QED) is 0.558. The van der Waals surface area contributed by atoms with Crippen molar-refractivity contribution in [2.75, 3.05) is 39.8 Å². The van der Waals surface area contributed by atoms with Gasteiger partial charge < -0.3 is 4.90 Å². The van der Waals surface area contributed by atoms with E-state index in [0.29, 0.717) is 9.23 Å². The van der Waals surface area contributed by atoms with Crippen LogP contribution in [0.25, 0.3) is 6.08 Å². The minimum absolute atomic E-state index is 0.0361. The third kappa shape index (κ3) is 4.22. The molecule has 24 heavy (non-hydrogen) atoms. The van der Waals surface area contributed by atoms with Crippen LogP contribution in [-0.2, 0) is 9.59 Å². The first kappa shape index (κ1) is 17.6. The van der Waals surface area contributed by atoms with Crippen molar-refractivity contribution in [1.82, 2.24) is 15.3 Å². The van der Waals surface area contributed by atoms with Gasteiger partial charge in [0.2, 0.25) is 0 Å². The van der Waals surface area contributed by atoms with Gasteiger partial charge in [0, 0.05) is 4.88 Å². The van der Waals surface area contributed by atoms with Crippen LogP contribution in [0.4, 0.5) is 0 Å². The highest BCUT2D eigenvalue weighted by atomic mass is 32.2. The largest absolute Gasteiger partial charge is 0.335 e. The highest BCUT2D eigenvalue weighted by molar-refractivity contribution is 8.26. The average Bonchev–Trinajstić information content (AvgIpc) is 3.14. The molecule has 1 aromatic rings. The van der Waals surface area contributed by atoms with Gasteiger partial charge in [-0.2, -0.15) is 0 Å². The molecule has 3 rings (SSSR count). The fraction of sp³-hybridized carbons (Fsp3) is 0.400. The molecule has 0 aliphatic carbocycles. The second-order valence-electron chi connectivity index (χ2n) is 5.76. The molecule has 0 radical (unpaired) electrons. The molecule has 128 valence electrons. The normalized spacial score (nSPS) is 21.7. The van der Waals surface area contributed by atoms with Crippen molar-refractivity contribution in [3.05, 3.63) is 27.3 Å². The van der Waals surface area contributed by atoms with Gasteiger partial charge in [-0.1, -0.05) is 30.0 Å². The number of quaternary nitrogens is 1. The molecule has 2 N–H and O–H groups in total. The molecule has 2 amide bonds. The van der Waals surface area contributed by atoms with Crippen molar-refractivity contribution >= 4 is 57.5 Å². The summed E-state index contributed by atoms with van der Waals surface area (Å²) >= 11 is 8.07. The maximum atomic E-state index is 12.5. The van der Waals surface area contributed by atoms with E-state index in [4.69, 9.17) is 12.2 Å². The summed E-state index contributed by atoms with van der Waals surface area (Å²) < 4.78 is 0.431. The number of rotatable bonds is 4. The monoisotopic (exact) mass is 383 g/mol. The van der Waals surface area contributed by atoms with Gasteiger partial charge in [-0.15, -0.1) is 11.3 Å². The van der Waals surface area contributed by atoms with Crippen molar-refractivity contribution in [1.29, 1.82) is 0 Å². The highest BCUT2D eigenvalue weighted by Crippen LogP contribution is 2.32. The lowest BCUT2D eigenvalue weighted by molar-refractivity contribution is -0.884.